The minimum atomic E-state index is 0.871. The Balaban J connectivity index is 2.65. The van der Waals surface area contributed by atoms with Crippen LogP contribution in [0, 0.1) is 27.7 Å². The third-order valence-corrected chi connectivity index (χ3v) is 3.44. The summed E-state index contributed by atoms with van der Waals surface area (Å²) in [7, 11) is 0. The van der Waals surface area contributed by atoms with Gasteiger partial charge >= 0.3 is 0 Å². The summed E-state index contributed by atoms with van der Waals surface area (Å²) in [6, 6.07) is 4.18. The first-order valence-corrected chi connectivity index (χ1v) is 5.69. The van der Waals surface area contributed by atoms with Crippen LogP contribution < -0.4 is 0 Å². The van der Waals surface area contributed by atoms with Crippen LogP contribution in [0.4, 0.5) is 0 Å². The first-order chi connectivity index (χ1) is 7.50. The van der Waals surface area contributed by atoms with Gasteiger partial charge in [-0.3, -0.25) is 0 Å². The highest BCUT2D eigenvalue weighted by Crippen LogP contribution is 2.30. The maximum absolute atomic E-state index is 5.20. The maximum Gasteiger partial charge on any atom is 0.137 e. The second-order valence-electron chi connectivity index (χ2n) is 4.17. The number of benzene rings is 1. The fourth-order valence-corrected chi connectivity index (χ4v) is 1.96. The van der Waals surface area contributed by atoms with Crippen molar-refractivity contribution in [1.82, 2.24) is 5.16 Å². The van der Waals surface area contributed by atoms with E-state index in [-0.39, 0.29) is 0 Å². The molecule has 0 fully saturated rings. The molecule has 0 bridgehead atoms. The average molecular weight is 233 g/mol. The predicted molar refractivity (Wildman–Crippen MR) is 68.1 cm³/mol. The maximum atomic E-state index is 5.20. The highest BCUT2D eigenvalue weighted by atomic mass is 32.1. The van der Waals surface area contributed by atoms with Gasteiger partial charge in [-0.1, -0.05) is 11.2 Å². The van der Waals surface area contributed by atoms with Gasteiger partial charge in [-0.2, -0.15) is 0 Å². The van der Waals surface area contributed by atoms with Crippen LogP contribution in [-0.4, -0.2) is 5.16 Å². The number of aryl methyl sites for hydroxylation is 3. The van der Waals surface area contributed by atoms with Crippen molar-refractivity contribution >= 4 is 12.6 Å². The van der Waals surface area contributed by atoms with Crippen LogP contribution in [0.1, 0.15) is 22.5 Å². The van der Waals surface area contributed by atoms with E-state index in [1.165, 1.54) is 11.1 Å². The van der Waals surface area contributed by atoms with Crippen molar-refractivity contribution in [2.45, 2.75) is 32.6 Å². The number of nitrogens with zero attached hydrogens (tertiary/aromatic N) is 1. The average Bonchev–Trinajstić information content (AvgIpc) is 2.54. The van der Waals surface area contributed by atoms with Crippen LogP contribution in [0.15, 0.2) is 21.6 Å². The van der Waals surface area contributed by atoms with E-state index >= 15 is 0 Å². The van der Waals surface area contributed by atoms with Crippen LogP contribution in [0.3, 0.4) is 0 Å². The molecule has 16 heavy (non-hydrogen) atoms. The number of hydrogen-bond acceptors (Lipinski definition) is 3. The Hall–Kier alpha value is -1.22. The lowest BCUT2D eigenvalue weighted by Gasteiger charge is -2.07. The third-order valence-electron chi connectivity index (χ3n) is 2.96. The van der Waals surface area contributed by atoms with Gasteiger partial charge in [-0.25, -0.2) is 0 Å². The van der Waals surface area contributed by atoms with Crippen molar-refractivity contribution < 1.29 is 4.52 Å². The molecule has 0 spiro atoms. The summed E-state index contributed by atoms with van der Waals surface area (Å²) < 4.78 is 5.20. The van der Waals surface area contributed by atoms with Gasteiger partial charge in [-0.15, -0.1) is 12.6 Å². The summed E-state index contributed by atoms with van der Waals surface area (Å²) in [5.41, 5.74) is 5.50. The van der Waals surface area contributed by atoms with E-state index in [1.807, 2.05) is 13.8 Å². The van der Waals surface area contributed by atoms with Gasteiger partial charge in [-0.05, 0) is 44.9 Å². The van der Waals surface area contributed by atoms with Crippen LogP contribution in [-0.2, 0) is 0 Å². The largest absolute Gasteiger partial charge is 0.361 e. The summed E-state index contributed by atoms with van der Waals surface area (Å²) in [5, 5.41) is 4.11. The Bertz CT molecular complexity index is 543. The summed E-state index contributed by atoms with van der Waals surface area (Å²) in [6.07, 6.45) is 0. The molecule has 0 unspecified atom stereocenters. The molecule has 1 heterocycles. The van der Waals surface area contributed by atoms with Crippen molar-refractivity contribution in [2.75, 3.05) is 0 Å². The lowest BCUT2D eigenvalue weighted by atomic mass is 10.0. The molecule has 0 radical (unpaired) electrons. The van der Waals surface area contributed by atoms with Gasteiger partial charge < -0.3 is 4.52 Å². The van der Waals surface area contributed by atoms with E-state index < -0.39 is 0 Å². The standard InChI is InChI=1S/C13H15NOS/c1-7-5-8(2)12(16)6-11(7)13-9(3)10(4)15-14-13/h5-6,16H,1-4H3. The smallest absolute Gasteiger partial charge is 0.137 e. The Morgan fingerprint density at radius 2 is 1.75 bits per heavy atom. The quantitative estimate of drug-likeness (QED) is 0.757. The fourth-order valence-electron chi connectivity index (χ4n) is 1.76. The van der Waals surface area contributed by atoms with Crippen LogP contribution in [0.5, 0.6) is 0 Å². The number of hydrogen-bond donors (Lipinski definition) is 1. The third kappa shape index (κ3) is 1.76. The first-order valence-electron chi connectivity index (χ1n) is 5.24. The monoisotopic (exact) mass is 233 g/mol. The normalized spacial score (nSPS) is 10.8. The van der Waals surface area contributed by atoms with Crippen LogP contribution in [0.25, 0.3) is 11.3 Å². The molecule has 0 atom stereocenters. The van der Waals surface area contributed by atoms with Gasteiger partial charge in [0.15, 0.2) is 0 Å². The molecule has 84 valence electrons. The van der Waals surface area contributed by atoms with Gasteiger partial charge in [0.25, 0.3) is 0 Å². The highest BCUT2D eigenvalue weighted by Gasteiger charge is 2.13. The molecule has 2 nitrogen and oxygen atoms in total. The van der Waals surface area contributed by atoms with E-state index in [1.54, 1.807) is 0 Å². The van der Waals surface area contributed by atoms with Gasteiger partial charge in [0.05, 0.1) is 0 Å². The summed E-state index contributed by atoms with van der Waals surface area (Å²) in [6.45, 7) is 8.09. The zero-order valence-electron chi connectivity index (χ0n) is 9.96. The molecule has 2 rings (SSSR count). The summed E-state index contributed by atoms with van der Waals surface area (Å²) in [4.78, 5) is 0.987. The van der Waals surface area contributed by atoms with E-state index in [0.717, 1.165) is 27.5 Å². The number of aromatic nitrogens is 1. The minimum absolute atomic E-state index is 0.871. The molecule has 0 aliphatic heterocycles. The molecule has 0 amide bonds. The molecular formula is C13H15NOS. The molecule has 0 saturated heterocycles. The Labute approximate surface area is 101 Å². The van der Waals surface area contributed by atoms with Crippen molar-refractivity contribution in [3.05, 3.63) is 34.6 Å². The number of rotatable bonds is 1. The van der Waals surface area contributed by atoms with Gasteiger partial charge in [0.2, 0.25) is 0 Å². The SMILES string of the molecule is Cc1cc(C)c(-c2noc(C)c2C)cc1S. The Morgan fingerprint density at radius 1 is 1.06 bits per heavy atom. The topological polar surface area (TPSA) is 26.0 Å². The Morgan fingerprint density at radius 3 is 2.31 bits per heavy atom. The summed E-state index contributed by atoms with van der Waals surface area (Å²) in [5.74, 6) is 0.871. The second-order valence-corrected chi connectivity index (χ2v) is 4.65. The summed E-state index contributed by atoms with van der Waals surface area (Å²) >= 11 is 4.45. The molecule has 0 saturated carbocycles. The molecule has 1 aromatic carbocycles. The zero-order valence-corrected chi connectivity index (χ0v) is 10.9. The van der Waals surface area contributed by atoms with Crippen LogP contribution >= 0.6 is 12.6 Å². The zero-order chi connectivity index (χ0) is 11.9. The molecule has 0 aliphatic carbocycles. The first kappa shape index (κ1) is 11.3. The molecule has 0 N–H and O–H groups in total. The predicted octanol–water partition coefficient (Wildman–Crippen LogP) is 3.86. The minimum Gasteiger partial charge on any atom is -0.361 e. The molecule has 2 aromatic rings. The molecule has 0 aliphatic rings. The van der Waals surface area contributed by atoms with E-state index in [0.29, 0.717) is 0 Å². The lowest BCUT2D eigenvalue weighted by Crippen LogP contribution is -1.89. The van der Waals surface area contributed by atoms with Crippen molar-refractivity contribution in [2.24, 2.45) is 0 Å². The highest BCUT2D eigenvalue weighted by molar-refractivity contribution is 7.80. The molecular weight excluding hydrogens is 218 g/mol. The lowest BCUT2D eigenvalue weighted by molar-refractivity contribution is 0.398. The van der Waals surface area contributed by atoms with E-state index in [2.05, 4.69) is 43.8 Å². The van der Waals surface area contributed by atoms with E-state index in [4.69, 9.17) is 4.52 Å². The van der Waals surface area contributed by atoms with E-state index in [9.17, 15) is 0 Å². The number of thiol groups is 1. The van der Waals surface area contributed by atoms with Crippen molar-refractivity contribution in [3.8, 4) is 11.3 Å². The molecule has 3 heteroatoms. The van der Waals surface area contributed by atoms with Gasteiger partial charge in [0, 0.05) is 16.0 Å². The second kappa shape index (κ2) is 3.98. The van der Waals surface area contributed by atoms with Gasteiger partial charge in [0.1, 0.15) is 11.5 Å². The fraction of sp³-hybridized carbons (Fsp3) is 0.308. The van der Waals surface area contributed by atoms with Crippen molar-refractivity contribution in [1.29, 1.82) is 0 Å². The van der Waals surface area contributed by atoms with Crippen molar-refractivity contribution in [3.63, 3.8) is 0 Å². The van der Waals surface area contributed by atoms with Crippen LogP contribution in [0.2, 0.25) is 0 Å². The molecule has 1 aromatic heterocycles. The Kier molecular flexibility index (Phi) is 2.80.